The molecule has 1 aliphatic heterocycles. The summed E-state index contributed by atoms with van der Waals surface area (Å²) in [5.74, 6) is -0.0892. The lowest BCUT2D eigenvalue weighted by Crippen LogP contribution is -2.52. The average molecular weight is 337 g/mol. The minimum atomic E-state index is -1.17. The van der Waals surface area contributed by atoms with Gasteiger partial charge in [-0.25, -0.2) is 14.2 Å². The van der Waals surface area contributed by atoms with E-state index in [-0.39, 0.29) is 17.9 Å². The highest BCUT2D eigenvalue weighted by atomic mass is 19.1. The molecule has 3 rings (SSSR count). The third-order valence-corrected chi connectivity index (χ3v) is 4.38. The molecule has 1 aromatic heterocycles. The Morgan fingerprint density at radius 3 is 2.54 bits per heavy atom. The van der Waals surface area contributed by atoms with Crippen LogP contribution in [-0.2, 0) is 4.79 Å². The number of carbonyl (C=O) groups is 2. The van der Waals surface area contributed by atoms with E-state index in [9.17, 15) is 14.0 Å². The van der Waals surface area contributed by atoms with Crippen molar-refractivity contribution >= 4 is 12.0 Å². The Labute approximate surface area is 138 Å². The van der Waals surface area contributed by atoms with E-state index >= 15 is 0 Å². The van der Waals surface area contributed by atoms with Gasteiger partial charge in [0.1, 0.15) is 18.0 Å². The molecule has 0 aromatic carbocycles. The summed E-state index contributed by atoms with van der Waals surface area (Å²) >= 11 is 0. The Kier molecular flexibility index (Phi) is 4.82. The molecular weight excluding hydrogens is 317 g/mol. The maximum Gasteiger partial charge on any atom is 0.405 e. The number of halogens is 1. The number of pyridine rings is 1. The summed E-state index contributed by atoms with van der Waals surface area (Å²) < 4.78 is 18.5. The number of nitrogens with one attached hydrogen (secondary N) is 1. The SMILES string of the molecule is O=C(O)N[C@H](C(=O)N1CCC(Oc2ccc(F)cn2)CC1)C1CC1. The van der Waals surface area contributed by atoms with Crippen molar-refractivity contribution in [3.8, 4) is 5.88 Å². The van der Waals surface area contributed by atoms with Gasteiger partial charge in [-0.1, -0.05) is 0 Å². The number of nitrogens with zero attached hydrogens (tertiary/aromatic N) is 2. The van der Waals surface area contributed by atoms with Crippen LogP contribution in [0.2, 0.25) is 0 Å². The van der Waals surface area contributed by atoms with E-state index in [1.807, 2.05) is 0 Å². The van der Waals surface area contributed by atoms with Gasteiger partial charge in [0.15, 0.2) is 0 Å². The molecule has 24 heavy (non-hydrogen) atoms. The Hall–Kier alpha value is -2.38. The zero-order valence-corrected chi connectivity index (χ0v) is 13.2. The fourth-order valence-electron chi connectivity index (χ4n) is 2.94. The van der Waals surface area contributed by atoms with Crippen LogP contribution in [0.15, 0.2) is 18.3 Å². The van der Waals surface area contributed by atoms with Gasteiger partial charge in [0, 0.05) is 32.0 Å². The number of amides is 2. The lowest BCUT2D eigenvalue weighted by atomic mass is 10.0. The highest BCUT2D eigenvalue weighted by molar-refractivity contribution is 5.86. The molecule has 130 valence electrons. The van der Waals surface area contributed by atoms with Gasteiger partial charge in [-0.2, -0.15) is 0 Å². The number of likely N-dealkylation sites (tertiary alicyclic amines) is 1. The largest absolute Gasteiger partial charge is 0.474 e. The number of piperidine rings is 1. The van der Waals surface area contributed by atoms with Gasteiger partial charge in [-0.3, -0.25) is 4.79 Å². The van der Waals surface area contributed by atoms with Crippen LogP contribution in [0.5, 0.6) is 5.88 Å². The van der Waals surface area contributed by atoms with Crippen molar-refractivity contribution in [3.05, 3.63) is 24.1 Å². The molecule has 1 aromatic rings. The normalized spacial score (nSPS) is 19.6. The second-order valence-electron chi connectivity index (χ2n) is 6.22. The van der Waals surface area contributed by atoms with Gasteiger partial charge in [0.05, 0.1) is 6.20 Å². The van der Waals surface area contributed by atoms with Crippen LogP contribution in [0.25, 0.3) is 0 Å². The summed E-state index contributed by atoms with van der Waals surface area (Å²) in [4.78, 5) is 29.0. The smallest absolute Gasteiger partial charge is 0.405 e. The minimum Gasteiger partial charge on any atom is -0.474 e. The van der Waals surface area contributed by atoms with Crippen molar-refractivity contribution in [2.75, 3.05) is 13.1 Å². The molecule has 2 fully saturated rings. The third kappa shape index (κ3) is 4.12. The standard InChI is InChI=1S/C16H20FN3O4/c17-11-3-4-13(18-9-11)24-12-5-7-20(8-6-12)15(21)14(10-1-2-10)19-16(22)23/h3-4,9-10,12,14,19H,1-2,5-8H2,(H,22,23)/t14-/m0/s1. The first-order valence-electron chi connectivity index (χ1n) is 8.09. The van der Waals surface area contributed by atoms with E-state index in [0.29, 0.717) is 31.8 Å². The van der Waals surface area contributed by atoms with Crippen molar-refractivity contribution in [2.24, 2.45) is 5.92 Å². The summed E-state index contributed by atoms with van der Waals surface area (Å²) in [6.45, 7) is 1.02. The lowest BCUT2D eigenvalue weighted by Gasteiger charge is -2.34. The number of carbonyl (C=O) groups excluding carboxylic acids is 1. The first-order valence-corrected chi connectivity index (χ1v) is 8.09. The van der Waals surface area contributed by atoms with Crippen molar-refractivity contribution < 1.29 is 23.8 Å². The molecule has 2 aliphatic rings. The minimum absolute atomic E-state index is 0.0844. The first-order chi connectivity index (χ1) is 11.5. The summed E-state index contributed by atoms with van der Waals surface area (Å²) in [5.41, 5.74) is 0. The highest BCUT2D eigenvalue weighted by Crippen LogP contribution is 2.34. The van der Waals surface area contributed by atoms with Crippen LogP contribution in [0.1, 0.15) is 25.7 Å². The van der Waals surface area contributed by atoms with Gasteiger partial charge in [0.2, 0.25) is 11.8 Å². The van der Waals surface area contributed by atoms with Crippen LogP contribution in [0, 0.1) is 11.7 Å². The van der Waals surface area contributed by atoms with Crippen LogP contribution >= 0.6 is 0 Å². The van der Waals surface area contributed by atoms with E-state index in [1.165, 1.54) is 12.1 Å². The third-order valence-electron chi connectivity index (χ3n) is 4.38. The molecule has 0 unspecified atom stereocenters. The number of hydrogen-bond donors (Lipinski definition) is 2. The zero-order chi connectivity index (χ0) is 17.1. The quantitative estimate of drug-likeness (QED) is 0.852. The number of aromatic nitrogens is 1. The zero-order valence-electron chi connectivity index (χ0n) is 13.2. The summed E-state index contributed by atoms with van der Waals surface area (Å²) in [6.07, 6.45) is 2.88. The molecule has 2 amide bonds. The maximum atomic E-state index is 12.8. The Morgan fingerprint density at radius 1 is 1.29 bits per heavy atom. The van der Waals surface area contributed by atoms with Crippen molar-refractivity contribution in [2.45, 2.75) is 37.8 Å². The Morgan fingerprint density at radius 2 is 2.00 bits per heavy atom. The van der Waals surface area contributed by atoms with Crippen LogP contribution in [0.3, 0.4) is 0 Å². The first kappa shape index (κ1) is 16.5. The van der Waals surface area contributed by atoms with Crippen molar-refractivity contribution in [1.82, 2.24) is 15.2 Å². The van der Waals surface area contributed by atoms with Gasteiger partial charge in [-0.15, -0.1) is 0 Å². The number of rotatable bonds is 5. The number of carboxylic acid groups (broad SMARTS) is 1. The van der Waals surface area contributed by atoms with Gasteiger partial charge in [0.25, 0.3) is 0 Å². The summed E-state index contributed by atoms with van der Waals surface area (Å²) in [6, 6.07) is 2.13. The van der Waals surface area contributed by atoms with Crippen LogP contribution < -0.4 is 10.1 Å². The molecular formula is C16H20FN3O4. The molecule has 1 aliphatic carbocycles. The van der Waals surface area contributed by atoms with Gasteiger partial charge in [-0.05, 0) is 24.8 Å². The van der Waals surface area contributed by atoms with E-state index in [0.717, 1.165) is 19.0 Å². The number of ether oxygens (including phenoxy) is 1. The van der Waals surface area contributed by atoms with Crippen LogP contribution in [-0.4, -0.2) is 52.2 Å². The second kappa shape index (κ2) is 7.02. The molecule has 8 heteroatoms. The molecule has 7 nitrogen and oxygen atoms in total. The Bertz CT molecular complexity index is 598. The predicted molar refractivity (Wildman–Crippen MR) is 82.1 cm³/mol. The fourth-order valence-corrected chi connectivity index (χ4v) is 2.94. The second-order valence-corrected chi connectivity index (χ2v) is 6.22. The maximum absolute atomic E-state index is 12.8. The van der Waals surface area contributed by atoms with Gasteiger partial charge < -0.3 is 20.1 Å². The topological polar surface area (TPSA) is 91.8 Å². The molecule has 2 heterocycles. The molecule has 0 radical (unpaired) electrons. The van der Waals surface area contributed by atoms with E-state index < -0.39 is 18.0 Å². The van der Waals surface area contributed by atoms with E-state index in [2.05, 4.69) is 10.3 Å². The lowest BCUT2D eigenvalue weighted by molar-refractivity contribution is -0.135. The molecule has 1 saturated heterocycles. The summed E-state index contributed by atoms with van der Waals surface area (Å²) in [5, 5.41) is 11.2. The van der Waals surface area contributed by atoms with Crippen molar-refractivity contribution in [1.29, 1.82) is 0 Å². The number of hydrogen-bond acceptors (Lipinski definition) is 4. The highest BCUT2D eigenvalue weighted by Gasteiger charge is 2.40. The fraction of sp³-hybridized carbons (Fsp3) is 0.562. The summed E-state index contributed by atoms with van der Waals surface area (Å²) in [7, 11) is 0. The molecule has 1 saturated carbocycles. The van der Waals surface area contributed by atoms with E-state index in [4.69, 9.17) is 9.84 Å². The molecule has 2 N–H and O–H groups in total. The van der Waals surface area contributed by atoms with Crippen LogP contribution in [0.4, 0.5) is 9.18 Å². The molecule has 1 atom stereocenters. The average Bonchev–Trinajstić information content (AvgIpc) is 3.39. The molecule has 0 spiro atoms. The van der Waals surface area contributed by atoms with E-state index in [1.54, 1.807) is 4.90 Å². The van der Waals surface area contributed by atoms with Crippen molar-refractivity contribution in [3.63, 3.8) is 0 Å². The van der Waals surface area contributed by atoms with Gasteiger partial charge >= 0.3 is 6.09 Å². The Balaban J connectivity index is 1.51. The monoisotopic (exact) mass is 337 g/mol. The molecule has 0 bridgehead atoms. The predicted octanol–water partition coefficient (Wildman–Crippen LogP) is 1.64.